The van der Waals surface area contributed by atoms with Gasteiger partial charge in [-0.1, -0.05) is 24.3 Å². The second-order valence-corrected chi connectivity index (χ2v) is 9.88. The summed E-state index contributed by atoms with van der Waals surface area (Å²) >= 11 is 0. The molecular weight excluding hydrogens is 418 g/mol. The number of hydrogen-bond donors (Lipinski definition) is 1. The van der Waals surface area contributed by atoms with E-state index in [0.717, 1.165) is 35.4 Å². The first-order valence-electron chi connectivity index (χ1n) is 10.2. The van der Waals surface area contributed by atoms with Crippen molar-refractivity contribution in [1.29, 1.82) is 0 Å². The van der Waals surface area contributed by atoms with Gasteiger partial charge in [0, 0.05) is 6.07 Å². The molecule has 0 saturated carbocycles. The summed E-state index contributed by atoms with van der Waals surface area (Å²) in [6.07, 6.45) is 5.42. The van der Waals surface area contributed by atoms with Crippen LogP contribution in [-0.4, -0.2) is 32.0 Å². The lowest BCUT2D eigenvalue weighted by atomic mass is 9.89. The van der Waals surface area contributed by atoms with Crippen LogP contribution in [0.25, 0.3) is 0 Å². The summed E-state index contributed by atoms with van der Waals surface area (Å²) in [7, 11) is -3.84. The van der Waals surface area contributed by atoms with Gasteiger partial charge in [0.25, 0.3) is 5.69 Å². The smallest absolute Gasteiger partial charge is 0.274 e. The van der Waals surface area contributed by atoms with E-state index in [2.05, 4.69) is 17.4 Å². The third-order valence-electron chi connectivity index (χ3n) is 5.68. The minimum absolute atomic E-state index is 0.119. The average molecular weight is 446 g/mol. The first-order valence-corrected chi connectivity index (χ1v) is 12.1. The Kier molecular flexibility index (Phi) is 6.64. The molecule has 1 N–H and O–H groups in total. The fraction of sp³-hybridized carbons (Fsp3) is 0.409. The van der Waals surface area contributed by atoms with Crippen LogP contribution < -0.4 is 9.62 Å². The highest BCUT2D eigenvalue weighted by Crippen LogP contribution is 2.30. The molecule has 9 heteroatoms. The van der Waals surface area contributed by atoms with Crippen molar-refractivity contribution in [3.05, 3.63) is 68.8 Å². The topological polar surface area (TPSA) is 110 Å². The number of amides is 1. The van der Waals surface area contributed by atoms with Gasteiger partial charge in [-0.05, 0) is 62.3 Å². The number of nitrogens with zero attached hydrogens (tertiary/aromatic N) is 2. The highest BCUT2D eigenvalue weighted by Gasteiger charge is 2.26. The molecule has 0 unspecified atom stereocenters. The van der Waals surface area contributed by atoms with Crippen molar-refractivity contribution in [2.45, 2.75) is 45.6 Å². The molecule has 3 rings (SSSR count). The lowest BCUT2D eigenvalue weighted by molar-refractivity contribution is -0.385. The molecule has 1 amide bonds. The molecule has 1 atom stereocenters. The van der Waals surface area contributed by atoms with Gasteiger partial charge in [0.1, 0.15) is 6.54 Å². The Morgan fingerprint density at radius 3 is 2.52 bits per heavy atom. The molecule has 0 spiro atoms. The molecule has 1 aliphatic carbocycles. The van der Waals surface area contributed by atoms with Gasteiger partial charge >= 0.3 is 0 Å². The Hall–Kier alpha value is -2.94. The van der Waals surface area contributed by atoms with Gasteiger partial charge in [-0.25, -0.2) is 8.42 Å². The maximum absolute atomic E-state index is 12.7. The fourth-order valence-corrected chi connectivity index (χ4v) is 4.89. The molecule has 31 heavy (non-hydrogen) atoms. The molecule has 8 nitrogen and oxygen atoms in total. The van der Waals surface area contributed by atoms with Crippen molar-refractivity contribution < 1.29 is 18.1 Å². The average Bonchev–Trinajstić information content (AvgIpc) is 2.71. The van der Waals surface area contributed by atoms with Crippen LogP contribution >= 0.6 is 0 Å². The summed E-state index contributed by atoms with van der Waals surface area (Å²) in [5.74, 6) is -0.485. The first-order chi connectivity index (χ1) is 14.6. The number of nitrogens with one attached hydrogen (secondary N) is 1. The van der Waals surface area contributed by atoms with E-state index in [1.165, 1.54) is 42.7 Å². The molecule has 0 fully saturated rings. The summed E-state index contributed by atoms with van der Waals surface area (Å²) in [4.78, 5) is 23.4. The first kappa shape index (κ1) is 22.7. The monoisotopic (exact) mass is 445 g/mol. The number of aryl methyl sites for hydroxylation is 2. The SMILES string of the molecule is Cc1c(N(CC(=O)N[C@@H](C)c2ccc3c(c2)CCCC3)S(C)(=O)=O)cccc1[N+](=O)[O-]. The third kappa shape index (κ3) is 5.22. The Labute approximate surface area is 182 Å². The van der Waals surface area contributed by atoms with Crippen LogP contribution in [0.4, 0.5) is 11.4 Å². The van der Waals surface area contributed by atoms with Crippen LogP contribution in [0.15, 0.2) is 36.4 Å². The predicted octanol–water partition coefficient (Wildman–Crippen LogP) is 3.43. The summed E-state index contributed by atoms with van der Waals surface area (Å²) in [5.41, 5.74) is 3.72. The van der Waals surface area contributed by atoms with Crippen LogP contribution in [0, 0.1) is 17.0 Å². The Balaban J connectivity index is 1.79. The number of rotatable bonds is 7. The highest BCUT2D eigenvalue weighted by atomic mass is 32.2. The number of nitro benzene ring substituents is 1. The van der Waals surface area contributed by atoms with Crippen molar-refractivity contribution in [3.8, 4) is 0 Å². The molecule has 166 valence electrons. The summed E-state index contributed by atoms with van der Waals surface area (Å²) in [6.45, 7) is 2.86. The van der Waals surface area contributed by atoms with Gasteiger partial charge < -0.3 is 5.32 Å². The number of hydrogen-bond acceptors (Lipinski definition) is 5. The number of nitro groups is 1. The normalized spacial score (nSPS) is 14.4. The fourth-order valence-electron chi connectivity index (χ4n) is 3.98. The van der Waals surface area contributed by atoms with Crippen LogP contribution in [0.3, 0.4) is 0 Å². The minimum atomic E-state index is -3.84. The van der Waals surface area contributed by atoms with Gasteiger partial charge in [0.05, 0.1) is 28.5 Å². The maximum atomic E-state index is 12.7. The minimum Gasteiger partial charge on any atom is -0.348 e. The van der Waals surface area contributed by atoms with Crippen LogP contribution in [0.5, 0.6) is 0 Å². The highest BCUT2D eigenvalue weighted by molar-refractivity contribution is 7.92. The van der Waals surface area contributed by atoms with Crippen LogP contribution in [0.2, 0.25) is 0 Å². The maximum Gasteiger partial charge on any atom is 0.274 e. The van der Waals surface area contributed by atoms with Gasteiger partial charge in [-0.3, -0.25) is 19.2 Å². The van der Waals surface area contributed by atoms with Gasteiger partial charge in [0.2, 0.25) is 15.9 Å². The van der Waals surface area contributed by atoms with E-state index in [9.17, 15) is 23.3 Å². The van der Waals surface area contributed by atoms with Gasteiger partial charge in [-0.15, -0.1) is 0 Å². The second kappa shape index (κ2) is 9.05. The number of benzene rings is 2. The molecule has 0 heterocycles. The molecule has 0 bridgehead atoms. The Morgan fingerprint density at radius 2 is 1.87 bits per heavy atom. The van der Waals surface area contributed by atoms with E-state index in [1.807, 2.05) is 13.0 Å². The molecule has 0 radical (unpaired) electrons. The zero-order chi connectivity index (χ0) is 22.8. The van der Waals surface area contributed by atoms with Crippen LogP contribution in [-0.2, 0) is 27.7 Å². The second-order valence-electron chi connectivity index (χ2n) is 7.97. The van der Waals surface area contributed by atoms with E-state index >= 15 is 0 Å². The standard InChI is InChI=1S/C22H27N3O5S/c1-15-20(9-6-10-21(15)25(27)28)24(31(3,29)30)14-22(26)23-16(2)18-12-11-17-7-4-5-8-19(17)13-18/h6,9-13,16H,4-5,7-8,14H2,1-3H3,(H,23,26)/t16-/m0/s1. The van der Waals surface area contributed by atoms with Crippen molar-refractivity contribution in [1.82, 2.24) is 5.32 Å². The number of sulfonamides is 1. The molecule has 2 aromatic rings. The van der Waals surface area contributed by atoms with Gasteiger partial charge in [-0.2, -0.15) is 0 Å². The molecule has 0 aliphatic heterocycles. The molecular formula is C22H27N3O5S. The quantitative estimate of drug-likeness (QED) is 0.519. The lowest BCUT2D eigenvalue weighted by Gasteiger charge is -2.25. The Bertz CT molecular complexity index is 1110. The summed E-state index contributed by atoms with van der Waals surface area (Å²) in [5, 5.41) is 14.1. The predicted molar refractivity (Wildman–Crippen MR) is 120 cm³/mol. The Morgan fingerprint density at radius 1 is 1.19 bits per heavy atom. The van der Waals surface area contributed by atoms with Crippen molar-refractivity contribution >= 4 is 27.3 Å². The van der Waals surface area contributed by atoms with E-state index in [4.69, 9.17) is 0 Å². The largest absolute Gasteiger partial charge is 0.348 e. The van der Waals surface area contributed by atoms with E-state index in [1.54, 1.807) is 0 Å². The summed E-state index contributed by atoms with van der Waals surface area (Å²) in [6, 6.07) is 10.1. The lowest BCUT2D eigenvalue weighted by Crippen LogP contribution is -2.41. The molecule has 0 saturated heterocycles. The van der Waals surface area contributed by atoms with Crippen LogP contribution in [0.1, 0.15) is 48.1 Å². The number of fused-ring (bicyclic) bond motifs is 1. The van der Waals surface area contributed by atoms with E-state index in [0.29, 0.717) is 0 Å². The molecule has 0 aromatic heterocycles. The van der Waals surface area contributed by atoms with Crippen molar-refractivity contribution in [2.24, 2.45) is 0 Å². The number of anilines is 1. The zero-order valence-corrected chi connectivity index (χ0v) is 18.7. The van der Waals surface area contributed by atoms with E-state index in [-0.39, 0.29) is 23.0 Å². The summed E-state index contributed by atoms with van der Waals surface area (Å²) < 4.78 is 25.7. The molecule has 1 aliphatic rings. The molecule has 2 aromatic carbocycles. The van der Waals surface area contributed by atoms with Crippen molar-refractivity contribution in [2.75, 3.05) is 17.1 Å². The number of carbonyl (C=O) groups is 1. The van der Waals surface area contributed by atoms with Gasteiger partial charge in [0.15, 0.2) is 0 Å². The number of carbonyl (C=O) groups excluding carboxylic acids is 1. The van der Waals surface area contributed by atoms with E-state index < -0.39 is 27.4 Å². The van der Waals surface area contributed by atoms with Crippen molar-refractivity contribution in [3.63, 3.8) is 0 Å². The third-order valence-corrected chi connectivity index (χ3v) is 6.81. The zero-order valence-electron chi connectivity index (χ0n) is 17.9.